The van der Waals surface area contributed by atoms with Crippen molar-refractivity contribution < 1.29 is 13.6 Å². The third kappa shape index (κ3) is 4.63. The summed E-state index contributed by atoms with van der Waals surface area (Å²) in [5, 5.41) is 2.88. The zero-order valence-corrected chi connectivity index (χ0v) is 14.3. The van der Waals surface area contributed by atoms with Crippen molar-refractivity contribution in [1.82, 2.24) is 5.32 Å². The Balaban J connectivity index is 1.95. The standard InChI is InChI=1S/C20H23F2NO/c1-14(11-15-7-6-8-16(21)12-15)19(24)23-13-20(2,3)17-9-4-5-10-18(17)22/h4-10,12,14H,11,13H2,1-3H3,(H,23,24). The highest BCUT2D eigenvalue weighted by Crippen LogP contribution is 2.25. The predicted molar refractivity (Wildman–Crippen MR) is 91.7 cm³/mol. The molecule has 0 bridgehead atoms. The van der Waals surface area contributed by atoms with Crippen molar-refractivity contribution in [2.24, 2.45) is 5.92 Å². The summed E-state index contributed by atoms with van der Waals surface area (Å²) in [6.45, 7) is 5.92. The number of carbonyl (C=O) groups is 1. The lowest BCUT2D eigenvalue weighted by Gasteiger charge is -2.27. The first-order valence-electron chi connectivity index (χ1n) is 8.07. The SMILES string of the molecule is CC(Cc1cccc(F)c1)C(=O)NCC(C)(C)c1ccccc1F. The van der Waals surface area contributed by atoms with Gasteiger partial charge >= 0.3 is 0 Å². The Kier molecular flexibility index (Phi) is 5.71. The normalized spacial score (nSPS) is 12.7. The summed E-state index contributed by atoms with van der Waals surface area (Å²) < 4.78 is 27.2. The average Bonchev–Trinajstić information content (AvgIpc) is 2.53. The number of nitrogens with one attached hydrogen (secondary N) is 1. The molecule has 0 aliphatic heterocycles. The van der Waals surface area contributed by atoms with E-state index in [-0.39, 0.29) is 23.5 Å². The lowest BCUT2D eigenvalue weighted by Crippen LogP contribution is -2.40. The van der Waals surface area contributed by atoms with Gasteiger partial charge in [-0.25, -0.2) is 8.78 Å². The molecule has 2 nitrogen and oxygen atoms in total. The lowest BCUT2D eigenvalue weighted by atomic mass is 9.84. The molecule has 0 saturated heterocycles. The number of halogens is 2. The third-order valence-electron chi connectivity index (χ3n) is 4.19. The summed E-state index contributed by atoms with van der Waals surface area (Å²) in [6, 6.07) is 12.8. The van der Waals surface area contributed by atoms with Crippen molar-refractivity contribution in [3.05, 3.63) is 71.3 Å². The lowest BCUT2D eigenvalue weighted by molar-refractivity contribution is -0.124. The van der Waals surface area contributed by atoms with Crippen molar-refractivity contribution in [2.45, 2.75) is 32.6 Å². The van der Waals surface area contributed by atoms with Crippen molar-refractivity contribution in [1.29, 1.82) is 0 Å². The van der Waals surface area contributed by atoms with Gasteiger partial charge in [-0.3, -0.25) is 4.79 Å². The van der Waals surface area contributed by atoms with E-state index in [1.54, 1.807) is 37.3 Å². The average molecular weight is 331 g/mol. The van der Waals surface area contributed by atoms with Gasteiger partial charge in [0.2, 0.25) is 5.91 Å². The molecular formula is C20H23F2NO. The molecule has 0 spiro atoms. The zero-order valence-electron chi connectivity index (χ0n) is 14.3. The maximum absolute atomic E-state index is 13.9. The molecule has 0 aliphatic rings. The highest BCUT2D eigenvalue weighted by molar-refractivity contribution is 5.78. The van der Waals surface area contributed by atoms with E-state index in [2.05, 4.69) is 5.32 Å². The Bertz CT molecular complexity index is 712. The number of rotatable bonds is 6. The zero-order chi connectivity index (χ0) is 17.7. The van der Waals surface area contributed by atoms with E-state index in [0.717, 1.165) is 5.56 Å². The molecule has 4 heteroatoms. The largest absolute Gasteiger partial charge is 0.355 e. The molecule has 0 fully saturated rings. The first-order valence-corrected chi connectivity index (χ1v) is 8.07. The fraction of sp³-hybridized carbons (Fsp3) is 0.350. The minimum atomic E-state index is -0.514. The van der Waals surface area contributed by atoms with Crippen molar-refractivity contribution in [3.63, 3.8) is 0 Å². The van der Waals surface area contributed by atoms with Gasteiger partial charge in [-0.15, -0.1) is 0 Å². The number of benzene rings is 2. The fourth-order valence-electron chi connectivity index (χ4n) is 2.70. The number of hydrogen-bond donors (Lipinski definition) is 1. The second-order valence-electron chi connectivity index (χ2n) is 6.82. The van der Waals surface area contributed by atoms with Gasteiger partial charge in [-0.05, 0) is 35.7 Å². The first-order chi connectivity index (χ1) is 11.3. The Morgan fingerprint density at radius 2 is 1.83 bits per heavy atom. The van der Waals surface area contributed by atoms with Crippen LogP contribution in [-0.2, 0) is 16.6 Å². The first kappa shape index (κ1) is 18.1. The van der Waals surface area contributed by atoms with Crippen LogP contribution in [0.15, 0.2) is 48.5 Å². The Morgan fingerprint density at radius 3 is 2.50 bits per heavy atom. The maximum atomic E-state index is 13.9. The maximum Gasteiger partial charge on any atom is 0.223 e. The molecule has 0 radical (unpaired) electrons. The molecule has 0 aromatic heterocycles. The number of amides is 1. The van der Waals surface area contributed by atoms with Crippen molar-refractivity contribution >= 4 is 5.91 Å². The minimum Gasteiger partial charge on any atom is -0.355 e. The molecule has 0 heterocycles. The van der Waals surface area contributed by atoms with E-state index in [9.17, 15) is 13.6 Å². The van der Waals surface area contributed by atoms with Crippen LogP contribution in [0.1, 0.15) is 31.9 Å². The molecule has 2 aromatic carbocycles. The second-order valence-corrected chi connectivity index (χ2v) is 6.82. The summed E-state index contributed by atoms with van der Waals surface area (Å²) in [5.74, 6) is -0.989. The molecule has 1 N–H and O–H groups in total. The second kappa shape index (κ2) is 7.56. The summed E-state index contributed by atoms with van der Waals surface area (Å²) in [5.41, 5.74) is 0.841. The van der Waals surface area contributed by atoms with Gasteiger partial charge in [0.25, 0.3) is 0 Å². The molecule has 2 rings (SSSR count). The molecule has 2 aromatic rings. The van der Waals surface area contributed by atoms with Crippen LogP contribution in [0.2, 0.25) is 0 Å². The van der Waals surface area contributed by atoms with E-state index < -0.39 is 5.41 Å². The van der Waals surface area contributed by atoms with Crippen LogP contribution in [-0.4, -0.2) is 12.5 Å². The van der Waals surface area contributed by atoms with Crippen LogP contribution in [0.5, 0.6) is 0 Å². The monoisotopic (exact) mass is 331 g/mol. The molecule has 128 valence electrons. The van der Waals surface area contributed by atoms with Crippen LogP contribution in [0.4, 0.5) is 8.78 Å². The highest BCUT2D eigenvalue weighted by atomic mass is 19.1. The molecule has 1 amide bonds. The summed E-state index contributed by atoms with van der Waals surface area (Å²) >= 11 is 0. The van der Waals surface area contributed by atoms with Crippen molar-refractivity contribution in [2.75, 3.05) is 6.54 Å². The van der Waals surface area contributed by atoms with Crippen molar-refractivity contribution in [3.8, 4) is 0 Å². The van der Waals surface area contributed by atoms with E-state index in [0.29, 0.717) is 18.5 Å². The van der Waals surface area contributed by atoms with Crippen LogP contribution >= 0.6 is 0 Å². The molecule has 1 unspecified atom stereocenters. The molecule has 0 aliphatic carbocycles. The fourth-order valence-corrected chi connectivity index (χ4v) is 2.70. The van der Waals surface area contributed by atoms with Crippen LogP contribution in [0.3, 0.4) is 0 Å². The van der Waals surface area contributed by atoms with Gasteiger partial charge in [-0.1, -0.05) is 51.1 Å². The molecule has 24 heavy (non-hydrogen) atoms. The Hall–Kier alpha value is -2.23. The van der Waals surface area contributed by atoms with Gasteiger partial charge in [0.15, 0.2) is 0 Å². The number of hydrogen-bond acceptors (Lipinski definition) is 1. The topological polar surface area (TPSA) is 29.1 Å². The Labute approximate surface area is 141 Å². The highest BCUT2D eigenvalue weighted by Gasteiger charge is 2.25. The van der Waals surface area contributed by atoms with Crippen LogP contribution < -0.4 is 5.32 Å². The molecule has 1 atom stereocenters. The molecule has 0 saturated carbocycles. The van der Waals surface area contributed by atoms with Gasteiger partial charge in [0.05, 0.1) is 0 Å². The van der Waals surface area contributed by atoms with Gasteiger partial charge in [-0.2, -0.15) is 0 Å². The summed E-state index contributed by atoms with van der Waals surface area (Å²) in [6.07, 6.45) is 0.462. The van der Waals surface area contributed by atoms with Gasteiger partial charge in [0.1, 0.15) is 11.6 Å². The quantitative estimate of drug-likeness (QED) is 0.843. The summed E-state index contributed by atoms with van der Waals surface area (Å²) in [7, 11) is 0. The summed E-state index contributed by atoms with van der Waals surface area (Å²) in [4.78, 5) is 12.3. The van der Waals surface area contributed by atoms with E-state index >= 15 is 0 Å². The Morgan fingerprint density at radius 1 is 1.12 bits per heavy atom. The van der Waals surface area contributed by atoms with Crippen LogP contribution in [0, 0.1) is 17.6 Å². The number of carbonyl (C=O) groups excluding carboxylic acids is 1. The van der Waals surface area contributed by atoms with Gasteiger partial charge in [0, 0.05) is 17.9 Å². The smallest absolute Gasteiger partial charge is 0.223 e. The predicted octanol–water partition coefficient (Wildman–Crippen LogP) is 4.24. The van der Waals surface area contributed by atoms with E-state index in [4.69, 9.17) is 0 Å². The van der Waals surface area contributed by atoms with E-state index in [1.165, 1.54) is 18.2 Å². The van der Waals surface area contributed by atoms with Crippen LogP contribution in [0.25, 0.3) is 0 Å². The minimum absolute atomic E-state index is 0.122. The van der Waals surface area contributed by atoms with E-state index in [1.807, 2.05) is 13.8 Å². The molecular weight excluding hydrogens is 308 g/mol. The third-order valence-corrected chi connectivity index (χ3v) is 4.19. The van der Waals surface area contributed by atoms with Gasteiger partial charge < -0.3 is 5.32 Å².